The molecule has 1 aromatic carbocycles. The molecule has 2 aromatic rings. The second kappa shape index (κ2) is 8.55. The lowest BCUT2D eigenvalue weighted by Crippen LogP contribution is -2.38. The van der Waals surface area contributed by atoms with E-state index in [1.165, 1.54) is 17.3 Å². The number of nitrogens with one attached hydrogen (secondary N) is 1. The summed E-state index contributed by atoms with van der Waals surface area (Å²) in [5.74, 6) is 0.798. The summed E-state index contributed by atoms with van der Waals surface area (Å²) in [6.45, 7) is 9.40. The van der Waals surface area contributed by atoms with E-state index in [0.29, 0.717) is 24.9 Å². The molecule has 7 nitrogen and oxygen atoms in total. The number of carbonyl (C=O) groups excluding carboxylic acids is 1. The fraction of sp³-hybridized carbons (Fsp3) is 0.500. The van der Waals surface area contributed by atoms with Gasteiger partial charge >= 0.3 is 0 Å². The first-order chi connectivity index (χ1) is 12.6. The number of amides is 1. The molecule has 1 unspecified atom stereocenters. The van der Waals surface area contributed by atoms with Gasteiger partial charge in [0.05, 0.1) is 24.2 Å². The number of thioether (sulfide) groups is 1. The number of carbonyl (C=O) groups is 1. The van der Waals surface area contributed by atoms with Gasteiger partial charge in [0.1, 0.15) is 0 Å². The Labute approximate surface area is 158 Å². The molecule has 1 aromatic heterocycles. The molecular weight excluding hydrogens is 350 g/mol. The summed E-state index contributed by atoms with van der Waals surface area (Å²) in [7, 11) is 0. The summed E-state index contributed by atoms with van der Waals surface area (Å²) in [5, 5.41) is 12.1. The predicted molar refractivity (Wildman–Crippen MR) is 103 cm³/mol. The molecule has 1 amide bonds. The molecule has 1 aliphatic heterocycles. The number of morpholine rings is 1. The summed E-state index contributed by atoms with van der Waals surface area (Å²) < 4.78 is 7.49. The molecule has 0 bridgehead atoms. The highest BCUT2D eigenvalue weighted by Gasteiger charge is 2.24. The maximum Gasteiger partial charge on any atom is 0.233 e. The predicted octanol–water partition coefficient (Wildman–Crippen LogP) is 2.03. The van der Waals surface area contributed by atoms with Crippen molar-refractivity contribution in [1.82, 2.24) is 20.1 Å². The number of anilines is 1. The van der Waals surface area contributed by atoms with Gasteiger partial charge in [0, 0.05) is 19.6 Å². The van der Waals surface area contributed by atoms with Crippen LogP contribution in [0.25, 0.3) is 5.69 Å². The Bertz CT molecular complexity index is 741. The maximum atomic E-state index is 12.1. The zero-order valence-electron chi connectivity index (χ0n) is 15.4. The summed E-state index contributed by atoms with van der Waals surface area (Å²) in [6, 6.07) is 8.26. The van der Waals surface area contributed by atoms with Gasteiger partial charge in [0.15, 0.2) is 5.16 Å². The zero-order valence-corrected chi connectivity index (χ0v) is 16.3. The van der Waals surface area contributed by atoms with Crippen molar-refractivity contribution in [2.45, 2.75) is 31.2 Å². The number of ether oxygens (including phenoxy) is 1. The molecule has 1 fully saturated rings. The highest BCUT2D eigenvalue weighted by Crippen LogP contribution is 2.29. The molecule has 1 saturated heterocycles. The Morgan fingerprint density at radius 2 is 1.96 bits per heavy atom. The van der Waals surface area contributed by atoms with Crippen LogP contribution in [0.4, 0.5) is 5.95 Å². The van der Waals surface area contributed by atoms with Gasteiger partial charge in [-0.15, -0.1) is 10.2 Å². The lowest BCUT2D eigenvalue weighted by Gasteiger charge is -2.28. The van der Waals surface area contributed by atoms with Crippen molar-refractivity contribution in [3.8, 4) is 5.69 Å². The molecule has 8 heteroatoms. The van der Waals surface area contributed by atoms with E-state index in [1.807, 2.05) is 18.4 Å². The van der Waals surface area contributed by atoms with Crippen LogP contribution >= 0.6 is 11.8 Å². The first-order valence-electron chi connectivity index (χ1n) is 8.89. The molecule has 0 saturated carbocycles. The van der Waals surface area contributed by atoms with Gasteiger partial charge in [-0.1, -0.05) is 29.5 Å². The second-order valence-corrected chi connectivity index (χ2v) is 7.52. The fourth-order valence-electron chi connectivity index (χ4n) is 2.76. The number of aryl methyl sites for hydroxylation is 1. The molecule has 26 heavy (non-hydrogen) atoms. The standard InChI is InChI=1S/C18H25N5O2S/c1-4-19-16(24)14(3)26-18-21-20-17(22-9-11-25-12-10-22)23(18)15-7-5-13(2)6-8-15/h5-8,14H,4,9-12H2,1-3H3,(H,19,24). The number of hydrogen-bond acceptors (Lipinski definition) is 6. The Balaban J connectivity index is 1.94. The topological polar surface area (TPSA) is 72.3 Å². The van der Waals surface area contributed by atoms with Gasteiger partial charge in [0.25, 0.3) is 0 Å². The summed E-state index contributed by atoms with van der Waals surface area (Å²) >= 11 is 1.42. The Kier molecular flexibility index (Phi) is 6.16. The largest absolute Gasteiger partial charge is 0.378 e. The maximum absolute atomic E-state index is 12.1. The van der Waals surface area contributed by atoms with Crippen LogP contribution in [0.5, 0.6) is 0 Å². The smallest absolute Gasteiger partial charge is 0.233 e. The average Bonchev–Trinajstić information content (AvgIpc) is 3.07. The summed E-state index contributed by atoms with van der Waals surface area (Å²) in [6.07, 6.45) is 0. The first-order valence-corrected chi connectivity index (χ1v) is 9.77. The molecule has 3 rings (SSSR count). The Morgan fingerprint density at radius 3 is 2.62 bits per heavy atom. The highest BCUT2D eigenvalue weighted by molar-refractivity contribution is 8.00. The average molecular weight is 375 g/mol. The molecule has 0 radical (unpaired) electrons. The van der Waals surface area contributed by atoms with Gasteiger partial charge in [-0.25, -0.2) is 0 Å². The number of rotatable bonds is 6. The molecule has 0 aliphatic carbocycles. The SMILES string of the molecule is CCNC(=O)C(C)Sc1nnc(N2CCOCC2)n1-c1ccc(C)cc1. The monoisotopic (exact) mass is 375 g/mol. The van der Waals surface area contributed by atoms with Crippen LogP contribution in [-0.2, 0) is 9.53 Å². The van der Waals surface area contributed by atoms with Crippen LogP contribution in [0.1, 0.15) is 19.4 Å². The van der Waals surface area contributed by atoms with E-state index in [-0.39, 0.29) is 11.2 Å². The van der Waals surface area contributed by atoms with Crippen LogP contribution in [0.3, 0.4) is 0 Å². The zero-order chi connectivity index (χ0) is 18.5. The van der Waals surface area contributed by atoms with Crippen molar-refractivity contribution in [3.05, 3.63) is 29.8 Å². The van der Waals surface area contributed by atoms with Gasteiger partial charge < -0.3 is 15.0 Å². The van der Waals surface area contributed by atoms with Gasteiger partial charge in [-0.05, 0) is 32.9 Å². The third kappa shape index (κ3) is 4.19. The Morgan fingerprint density at radius 1 is 1.27 bits per heavy atom. The minimum atomic E-state index is -0.249. The molecule has 1 N–H and O–H groups in total. The van der Waals surface area contributed by atoms with E-state index in [0.717, 1.165) is 24.7 Å². The van der Waals surface area contributed by atoms with E-state index < -0.39 is 0 Å². The van der Waals surface area contributed by atoms with Gasteiger partial charge in [0.2, 0.25) is 11.9 Å². The van der Waals surface area contributed by atoms with E-state index in [9.17, 15) is 4.79 Å². The van der Waals surface area contributed by atoms with E-state index in [2.05, 4.69) is 51.6 Å². The molecule has 1 atom stereocenters. The fourth-order valence-corrected chi connectivity index (χ4v) is 3.64. The molecule has 1 aliphatic rings. The van der Waals surface area contributed by atoms with Crippen LogP contribution in [0.15, 0.2) is 29.4 Å². The highest BCUT2D eigenvalue weighted by atomic mass is 32.2. The molecule has 0 spiro atoms. The molecule has 140 valence electrons. The minimum Gasteiger partial charge on any atom is -0.378 e. The van der Waals surface area contributed by atoms with Crippen molar-refractivity contribution < 1.29 is 9.53 Å². The van der Waals surface area contributed by atoms with Crippen molar-refractivity contribution >= 4 is 23.6 Å². The van der Waals surface area contributed by atoms with Crippen LogP contribution < -0.4 is 10.2 Å². The lowest BCUT2D eigenvalue weighted by atomic mass is 10.2. The van der Waals surface area contributed by atoms with Crippen molar-refractivity contribution in [1.29, 1.82) is 0 Å². The van der Waals surface area contributed by atoms with Crippen LogP contribution in [-0.4, -0.2) is 58.8 Å². The van der Waals surface area contributed by atoms with Crippen molar-refractivity contribution in [2.24, 2.45) is 0 Å². The minimum absolute atomic E-state index is 0.00359. The van der Waals surface area contributed by atoms with Gasteiger partial charge in [-0.3, -0.25) is 9.36 Å². The lowest BCUT2D eigenvalue weighted by molar-refractivity contribution is -0.120. The number of nitrogens with zero attached hydrogens (tertiary/aromatic N) is 4. The summed E-state index contributed by atoms with van der Waals surface area (Å²) in [4.78, 5) is 14.3. The number of aromatic nitrogens is 3. The molecule has 2 heterocycles. The third-order valence-electron chi connectivity index (χ3n) is 4.20. The number of hydrogen-bond donors (Lipinski definition) is 1. The van der Waals surface area contributed by atoms with E-state index >= 15 is 0 Å². The quantitative estimate of drug-likeness (QED) is 0.779. The van der Waals surface area contributed by atoms with E-state index in [1.54, 1.807) is 0 Å². The van der Waals surface area contributed by atoms with Crippen molar-refractivity contribution in [2.75, 3.05) is 37.7 Å². The van der Waals surface area contributed by atoms with Gasteiger partial charge in [-0.2, -0.15) is 0 Å². The molecular formula is C18H25N5O2S. The second-order valence-electron chi connectivity index (χ2n) is 6.21. The summed E-state index contributed by atoms with van der Waals surface area (Å²) in [5.41, 5.74) is 2.19. The van der Waals surface area contributed by atoms with Crippen LogP contribution in [0.2, 0.25) is 0 Å². The number of benzene rings is 1. The van der Waals surface area contributed by atoms with E-state index in [4.69, 9.17) is 4.74 Å². The third-order valence-corrected chi connectivity index (χ3v) is 5.25. The van der Waals surface area contributed by atoms with Crippen LogP contribution in [0, 0.1) is 6.92 Å². The normalized spacial score (nSPS) is 15.7. The van der Waals surface area contributed by atoms with Crippen molar-refractivity contribution in [3.63, 3.8) is 0 Å². The Hall–Kier alpha value is -2.06. The first kappa shape index (κ1) is 18.7.